The van der Waals surface area contributed by atoms with Crippen LogP contribution in [-0.4, -0.2) is 22.7 Å². The van der Waals surface area contributed by atoms with Gasteiger partial charge in [-0.05, 0) is 55.0 Å². The van der Waals surface area contributed by atoms with Gasteiger partial charge in [-0.15, -0.1) is 0 Å². The molecule has 3 aromatic rings. The fourth-order valence-electron chi connectivity index (χ4n) is 3.12. The molecule has 0 unspecified atom stereocenters. The first-order valence-electron chi connectivity index (χ1n) is 10.0. The zero-order valence-corrected chi connectivity index (χ0v) is 20.0. The van der Waals surface area contributed by atoms with Crippen LogP contribution in [0.5, 0.6) is 5.75 Å². The molecule has 1 aliphatic rings. The number of ether oxygens (including phenoxy) is 1. The average molecular weight is 495 g/mol. The van der Waals surface area contributed by atoms with Gasteiger partial charge in [0.15, 0.2) is 10.9 Å². The number of nitrogens with zero attached hydrogens (tertiary/aromatic N) is 1. The normalized spacial score (nSPS) is 14.6. The van der Waals surface area contributed by atoms with Crippen LogP contribution in [0.25, 0.3) is 6.08 Å². The van der Waals surface area contributed by atoms with Crippen LogP contribution in [0, 0.1) is 6.92 Å². The van der Waals surface area contributed by atoms with E-state index in [1.54, 1.807) is 24.3 Å². The number of rotatable bonds is 6. The second-order valence-electron chi connectivity index (χ2n) is 7.25. The van der Waals surface area contributed by atoms with Crippen LogP contribution in [0.4, 0.5) is 11.4 Å². The Morgan fingerprint density at radius 3 is 2.55 bits per heavy atom. The molecule has 1 N–H and O–H groups in total. The molecule has 0 atom stereocenters. The number of amides is 2. The number of hydrogen-bond acceptors (Lipinski definition) is 5. The Balaban J connectivity index is 1.40. The Bertz CT molecular complexity index is 1240. The average Bonchev–Trinajstić information content (AvgIpc) is 3.08. The van der Waals surface area contributed by atoms with Gasteiger partial charge in [0.25, 0.3) is 11.8 Å². The molecule has 0 bridgehead atoms. The Morgan fingerprint density at radius 2 is 1.85 bits per heavy atom. The summed E-state index contributed by atoms with van der Waals surface area (Å²) < 4.78 is 6.04. The SMILES string of the molecule is Cc1ccc(NC(=O)COc2ccc(/C=C3/SC(=S)N(c4ccccc4)C3=O)cc2Cl)cc1. The van der Waals surface area contributed by atoms with Crippen molar-refractivity contribution in [2.75, 3.05) is 16.8 Å². The van der Waals surface area contributed by atoms with E-state index in [0.29, 0.717) is 25.7 Å². The number of thiocarbonyl (C=S) groups is 1. The van der Waals surface area contributed by atoms with Crippen molar-refractivity contribution >= 4 is 69.2 Å². The topological polar surface area (TPSA) is 58.6 Å². The molecule has 2 amide bonds. The van der Waals surface area contributed by atoms with Crippen molar-refractivity contribution in [2.45, 2.75) is 6.92 Å². The lowest BCUT2D eigenvalue weighted by Crippen LogP contribution is -2.27. The number of halogens is 1. The third-order valence-electron chi connectivity index (χ3n) is 4.76. The van der Waals surface area contributed by atoms with E-state index < -0.39 is 0 Å². The molecule has 0 spiro atoms. The van der Waals surface area contributed by atoms with E-state index in [9.17, 15) is 9.59 Å². The lowest BCUT2D eigenvalue weighted by atomic mass is 10.2. The quantitative estimate of drug-likeness (QED) is 0.333. The maximum Gasteiger partial charge on any atom is 0.270 e. The lowest BCUT2D eigenvalue weighted by Gasteiger charge is -2.13. The summed E-state index contributed by atoms with van der Waals surface area (Å²) in [5.74, 6) is -0.0892. The number of hydrogen-bond donors (Lipinski definition) is 1. The van der Waals surface area contributed by atoms with Crippen LogP contribution < -0.4 is 15.0 Å². The maximum absolute atomic E-state index is 12.9. The van der Waals surface area contributed by atoms with Gasteiger partial charge >= 0.3 is 0 Å². The molecule has 0 radical (unpaired) electrons. The third-order valence-corrected chi connectivity index (χ3v) is 6.35. The molecular weight excluding hydrogens is 476 g/mol. The largest absolute Gasteiger partial charge is 0.482 e. The van der Waals surface area contributed by atoms with Crippen LogP contribution in [0.15, 0.2) is 77.7 Å². The minimum atomic E-state index is -0.288. The van der Waals surface area contributed by atoms with Crippen LogP contribution >= 0.6 is 35.6 Å². The number of thioether (sulfide) groups is 1. The zero-order chi connectivity index (χ0) is 23.4. The third kappa shape index (κ3) is 5.63. The van der Waals surface area contributed by atoms with E-state index in [1.165, 1.54) is 16.7 Å². The maximum atomic E-state index is 12.9. The summed E-state index contributed by atoms with van der Waals surface area (Å²) in [4.78, 5) is 27.0. The Labute approximate surface area is 206 Å². The van der Waals surface area contributed by atoms with Crippen molar-refractivity contribution in [3.63, 3.8) is 0 Å². The fourth-order valence-corrected chi connectivity index (χ4v) is 4.66. The highest BCUT2D eigenvalue weighted by atomic mass is 35.5. The summed E-state index contributed by atoms with van der Waals surface area (Å²) in [6.07, 6.45) is 1.74. The van der Waals surface area contributed by atoms with Crippen molar-refractivity contribution < 1.29 is 14.3 Å². The molecule has 166 valence electrons. The molecule has 1 fully saturated rings. The summed E-state index contributed by atoms with van der Waals surface area (Å²) in [6, 6.07) is 21.9. The first-order chi connectivity index (χ1) is 15.9. The van der Waals surface area contributed by atoms with Crippen molar-refractivity contribution in [1.82, 2.24) is 0 Å². The minimum Gasteiger partial charge on any atom is -0.482 e. The summed E-state index contributed by atoms with van der Waals surface area (Å²) in [7, 11) is 0. The van der Waals surface area contributed by atoms with Gasteiger partial charge in [0.2, 0.25) is 0 Å². The van der Waals surface area contributed by atoms with E-state index in [4.69, 9.17) is 28.6 Å². The highest BCUT2D eigenvalue weighted by Crippen LogP contribution is 2.36. The van der Waals surface area contributed by atoms with Gasteiger partial charge in [-0.3, -0.25) is 14.5 Å². The summed E-state index contributed by atoms with van der Waals surface area (Å²) in [5.41, 5.74) is 3.26. The number of aryl methyl sites for hydroxylation is 1. The fraction of sp³-hybridized carbons (Fsp3) is 0.0800. The highest BCUT2D eigenvalue weighted by molar-refractivity contribution is 8.27. The number of carbonyl (C=O) groups is 2. The molecule has 8 heteroatoms. The molecular formula is C25H19ClN2O3S2. The van der Waals surface area contributed by atoms with Crippen LogP contribution in [0.3, 0.4) is 0 Å². The van der Waals surface area contributed by atoms with Gasteiger partial charge < -0.3 is 10.1 Å². The van der Waals surface area contributed by atoms with Crippen molar-refractivity contribution in [1.29, 1.82) is 0 Å². The molecule has 0 saturated carbocycles. The van der Waals surface area contributed by atoms with Gasteiger partial charge in [-0.25, -0.2) is 0 Å². The number of nitrogens with one attached hydrogen (secondary N) is 1. The number of benzene rings is 3. The standard InChI is InChI=1S/C25H19ClN2O3S2/c1-16-7-10-18(11-8-16)27-23(29)15-31-21-12-9-17(13-20(21)26)14-22-24(30)28(25(32)33-22)19-5-3-2-4-6-19/h2-14H,15H2,1H3,(H,27,29)/b22-14+. The van der Waals surface area contributed by atoms with E-state index in [2.05, 4.69) is 5.32 Å². The van der Waals surface area contributed by atoms with Crippen molar-refractivity contribution in [2.24, 2.45) is 0 Å². The summed E-state index contributed by atoms with van der Waals surface area (Å²) >= 11 is 13.0. The molecule has 0 aliphatic carbocycles. The van der Waals surface area contributed by atoms with E-state index in [0.717, 1.165) is 16.8 Å². The van der Waals surface area contributed by atoms with Crippen molar-refractivity contribution in [3.05, 3.63) is 93.9 Å². The molecule has 4 rings (SSSR count). The zero-order valence-electron chi connectivity index (χ0n) is 17.6. The molecule has 33 heavy (non-hydrogen) atoms. The van der Waals surface area contributed by atoms with Gasteiger partial charge in [0.1, 0.15) is 5.75 Å². The molecule has 5 nitrogen and oxygen atoms in total. The van der Waals surface area contributed by atoms with E-state index >= 15 is 0 Å². The van der Waals surface area contributed by atoms with E-state index in [1.807, 2.05) is 61.5 Å². The predicted octanol–water partition coefficient (Wildman–Crippen LogP) is 6.07. The predicted molar refractivity (Wildman–Crippen MR) is 139 cm³/mol. The summed E-state index contributed by atoms with van der Waals surface area (Å²) in [5, 5.41) is 3.11. The molecule has 1 aliphatic heterocycles. The molecule has 1 saturated heterocycles. The highest BCUT2D eigenvalue weighted by Gasteiger charge is 2.33. The first kappa shape index (κ1) is 23.0. The summed E-state index contributed by atoms with van der Waals surface area (Å²) in [6.45, 7) is 1.80. The molecule has 1 heterocycles. The van der Waals surface area contributed by atoms with Gasteiger partial charge in [0.05, 0.1) is 15.6 Å². The number of carbonyl (C=O) groups excluding carboxylic acids is 2. The minimum absolute atomic E-state index is 0.178. The second-order valence-corrected chi connectivity index (χ2v) is 9.33. The van der Waals surface area contributed by atoms with Gasteiger partial charge in [-0.1, -0.05) is 77.5 Å². The van der Waals surface area contributed by atoms with Crippen LogP contribution in [0.1, 0.15) is 11.1 Å². The first-order valence-corrected chi connectivity index (χ1v) is 11.6. The van der Waals surface area contributed by atoms with Crippen LogP contribution in [0.2, 0.25) is 5.02 Å². The molecule has 3 aromatic carbocycles. The van der Waals surface area contributed by atoms with Gasteiger partial charge in [-0.2, -0.15) is 0 Å². The van der Waals surface area contributed by atoms with Crippen molar-refractivity contribution in [3.8, 4) is 5.75 Å². The van der Waals surface area contributed by atoms with Crippen LogP contribution in [-0.2, 0) is 9.59 Å². The Kier molecular flexibility index (Phi) is 7.13. The number of para-hydroxylation sites is 1. The van der Waals surface area contributed by atoms with Gasteiger partial charge in [0, 0.05) is 5.69 Å². The Hall–Kier alpha value is -3.13. The van der Waals surface area contributed by atoms with E-state index in [-0.39, 0.29) is 18.4 Å². The lowest BCUT2D eigenvalue weighted by molar-refractivity contribution is -0.118. The molecule has 0 aromatic heterocycles. The smallest absolute Gasteiger partial charge is 0.270 e. The number of anilines is 2. The Morgan fingerprint density at radius 1 is 1.12 bits per heavy atom. The monoisotopic (exact) mass is 494 g/mol. The second kappa shape index (κ2) is 10.2.